The predicted octanol–water partition coefficient (Wildman–Crippen LogP) is 3.26. The summed E-state index contributed by atoms with van der Waals surface area (Å²) in [5, 5.41) is 8.75. The second-order valence-corrected chi connectivity index (χ2v) is 4.37. The van der Waals surface area contributed by atoms with Crippen LogP contribution in [0.4, 0.5) is 5.69 Å². The number of aromatic carboxylic acids is 1. The van der Waals surface area contributed by atoms with Gasteiger partial charge in [0.15, 0.2) is 0 Å². The van der Waals surface area contributed by atoms with Gasteiger partial charge in [0.25, 0.3) is 0 Å². The first-order chi connectivity index (χ1) is 8.54. The Labute approximate surface area is 114 Å². The highest BCUT2D eigenvalue weighted by Crippen LogP contribution is 2.15. The molecule has 0 bridgehead atoms. The average Bonchev–Trinajstić information content (AvgIpc) is 2.37. The Hall–Kier alpha value is -1.29. The summed E-state index contributed by atoms with van der Waals surface area (Å²) in [5.41, 5.74) is 0.889. The molecule has 0 unspecified atom stereocenters. The van der Waals surface area contributed by atoms with Crippen molar-refractivity contribution in [2.45, 2.75) is 26.2 Å². The van der Waals surface area contributed by atoms with Gasteiger partial charge in [0.2, 0.25) is 0 Å². The van der Waals surface area contributed by atoms with Crippen molar-refractivity contribution >= 4 is 23.3 Å². The van der Waals surface area contributed by atoms with Crippen LogP contribution in [0.15, 0.2) is 18.5 Å². The standard InChI is InChI=1S/C8H10N2O2.C5H11Cl/c1-10(2)7-3-4-9-5-6(7)8(11)12;1-2-3-4-5-6/h3-5H,1-2H3,(H,11,12);2-5H2,1H3. The van der Waals surface area contributed by atoms with Gasteiger partial charge in [-0.15, -0.1) is 11.6 Å². The van der Waals surface area contributed by atoms with Gasteiger partial charge >= 0.3 is 5.97 Å². The molecule has 4 nitrogen and oxygen atoms in total. The number of hydrogen-bond acceptors (Lipinski definition) is 3. The van der Waals surface area contributed by atoms with E-state index < -0.39 is 5.97 Å². The molecule has 0 spiro atoms. The lowest BCUT2D eigenvalue weighted by Gasteiger charge is -2.13. The van der Waals surface area contributed by atoms with Gasteiger partial charge in [-0.25, -0.2) is 4.79 Å². The summed E-state index contributed by atoms with van der Waals surface area (Å²) in [5.74, 6) is -0.125. The molecule has 0 aliphatic carbocycles. The van der Waals surface area contributed by atoms with Gasteiger partial charge in [-0.2, -0.15) is 0 Å². The number of alkyl halides is 1. The molecule has 18 heavy (non-hydrogen) atoms. The van der Waals surface area contributed by atoms with Crippen molar-refractivity contribution in [2.75, 3.05) is 24.9 Å². The van der Waals surface area contributed by atoms with Crippen LogP contribution in [0, 0.1) is 0 Å². The number of carboxylic acids is 1. The minimum absolute atomic E-state index is 0.225. The van der Waals surface area contributed by atoms with E-state index in [0.717, 1.165) is 5.88 Å². The van der Waals surface area contributed by atoms with Crippen LogP contribution in [0.25, 0.3) is 0 Å². The molecule has 0 aliphatic heterocycles. The number of pyridine rings is 1. The topological polar surface area (TPSA) is 53.4 Å². The second-order valence-electron chi connectivity index (χ2n) is 3.99. The van der Waals surface area contributed by atoms with Crippen molar-refractivity contribution in [3.63, 3.8) is 0 Å². The number of nitrogens with zero attached hydrogens (tertiary/aromatic N) is 2. The fraction of sp³-hybridized carbons (Fsp3) is 0.538. The Morgan fingerprint density at radius 1 is 1.44 bits per heavy atom. The second kappa shape index (κ2) is 9.71. The van der Waals surface area contributed by atoms with Gasteiger partial charge in [0.05, 0.1) is 5.69 Å². The van der Waals surface area contributed by atoms with Gasteiger partial charge in [-0.1, -0.05) is 19.8 Å². The predicted molar refractivity (Wildman–Crippen MR) is 75.8 cm³/mol. The highest BCUT2D eigenvalue weighted by atomic mass is 35.5. The molecule has 1 heterocycles. The van der Waals surface area contributed by atoms with Crippen LogP contribution in [0.2, 0.25) is 0 Å². The molecule has 5 heteroatoms. The Bertz CT molecular complexity index is 353. The van der Waals surface area contributed by atoms with E-state index in [1.165, 1.54) is 25.5 Å². The van der Waals surface area contributed by atoms with Crippen LogP contribution in [0.1, 0.15) is 36.5 Å². The number of hydrogen-bond donors (Lipinski definition) is 1. The summed E-state index contributed by atoms with van der Waals surface area (Å²) in [6.45, 7) is 2.17. The first-order valence-corrected chi connectivity index (χ1v) is 6.48. The van der Waals surface area contributed by atoms with E-state index in [1.807, 2.05) is 0 Å². The maximum atomic E-state index is 10.7. The van der Waals surface area contributed by atoms with Gasteiger partial charge in [0, 0.05) is 32.4 Å². The minimum Gasteiger partial charge on any atom is -0.478 e. The molecule has 1 aromatic heterocycles. The highest BCUT2D eigenvalue weighted by molar-refractivity contribution is 6.17. The van der Waals surface area contributed by atoms with E-state index in [9.17, 15) is 4.79 Å². The molecule has 0 saturated carbocycles. The van der Waals surface area contributed by atoms with Crippen LogP contribution in [0.3, 0.4) is 0 Å². The van der Waals surface area contributed by atoms with Crippen LogP contribution >= 0.6 is 11.6 Å². The van der Waals surface area contributed by atoms with E-state index in [4.69, 9.17) is 16.7 Å². The molecule has 1 rings (SSSR count). The SMILES string of the molecule is CCCCCCl.CN(C)c1ccncc1C(=O)O. The fourth-order valence-electron chi connectivity index (χ4n) is 1.29. The largest absolute Gasteiger partial charge is 0.478 e. The number of carbonyl (C=O) groups is 1. The summed E-state index contributed by atoms with van der Waals surface area (Å²) >= 11 is 5.38. The molecule has 1 N–H and O–H groups in total. The number of anilines is 1. The lowest BCUT2D eigenvalue weighted by Crippen LogP contribution is -2.13. The third-order valence-corrected chi connectivity index (χ3v) is 2.51. The number of unbranched alkanes of at least 4 members (excludes halogenated alkanes) is 2. The molecular weight excluding hydrogens is 252 g/mol. The van der Waals surface area contributed by atoms with Crippen LogP contribution < -0.4 is 4.90 Å². The van der Waals surface area contributed by atoms with Gasteiger partial charge in [0.1, 0.15) is 5.56 Å². The Balaban J connectivity index is 0.000000411. The summed E-state index contributed by atoms with van der Waals surface area (Å²) in [4.78, 5) is 16.1. The number of rotatable bonds is 5. The van der Waals surface area contributed by atoms with E-state index in [-0.39, 0.29) is 5.56 Å². The molecule has 102 valence electrons. The van der Waals surface area contributed by atoms with E-state index >= 15 is 0 Å². The Morgan fingerprint density at radius 2 is 2.11 bits per heavy atom. The summed E-state index contributed by atoms with van der Waals surface area (Å²) in [6.07, 6.45) is 6.65. The average molecular weight is 273 g/mol. The molecule has 0 amide bonds. The lowest BCUT2D eigenvalue weighted by atomic mass is 10.2. The maximum absolute atomic E-state index is 10.7. The molecule has 1 aromatic rings. The molecule has 0 fully saturated rings. The summed E-state index contributed by atoms with van der Waals surface area (Å²) < 4.78 is 0. The highest BCUT2D eigenvalue weighted by Gasteiger charge is 2.10. The lowest BCUT2D eigenvalue weighted by molar-refractivity contribution is 0.0697. The number of aromatic nitrogens is 1. The fourth-order valence-corrected chi connectivity index (χ4v) is 1.48. The smallest absolute Gasteiger partial charge is 0.339 e. The quantitative estimate of drug-likeness (QED) is 0.660. The first-order valence-electron chi connectivity index (χ1n) is 5.95. The zero-order valence-corrected chi connectivity index (χ0v) is 11.9. The molecule has 0 aliphatic rings. The molecule has 0 saturated heterocycles. The Kier molecular flexibility index (Phi) is 9.01. The maximum Gasteiger partial charge on any atom is 0.339 e. The van der Waals surface area contributed by atoms with Crippen molar-refractivity contribution in [3.8, 4) is 0 Å². The third-order valence-electron chi connectivity index (χ3n) is 2.25. The number of halogens is 1. The molecule has 0 atom stereocenters. The van der Waals surface area contributed by atoms with Gasteiger partial charge in [-0.05, 0) is 12.5 Å². The van der Waals surface area contributed by atoms with Crippen molar-refractivity contribution in [1.29, 1.82) is 0 Å². The van der Waals surface area contributed by atoms with Crippen LogP contribution in [-0.2, 0) is 0 Å². The van der Waals surface area contributed by atoms with Crippen molar-refractivity contribution in [2.24, 2.45) is 0 Å². The zero-order chi connectivity index (χ0) is 14.0. The Morgan fingerprint density at radius 3 is 2.44 bits per heavy atom. The van der Waals surface area contributed by atoms with Crippen LogP contribution in [0.5, 0.6) is 0 Å². The van der Waals surface area contributed by atoms with Gasteiger partial charge in [-0.3, -0.25) is 4.98 Å². The monoisotopic (exact) mass is 272 g/mol. The molecule has 0 radical (unpaired) electrons. The summed E-state index contributed by atoms with van der Waals surface area (Å²) in [6, 6.07) is 1.67. The first kappa shape index (κ1) is 16.7. The molecular formula is C13H21ClN2O2. The van der Waals surface area contributed by atoms with Crippen molar-refractivity contribution < 1.29 is 9.90 Å². The van der Waals surface area contributed by atoms with E-state index in [2.05, 4.69) is 11.9 Å². The zero-order valence-electron chi connectivity index (χ0n) is 11.2. The third kappa shape index (κ3) is 6.45. The van der Waals surface area contributed by atoms with E-state index in [0.29, 0.717) is 5.69 Å². The normalized spacial score (nSPS) is 9.33. The summed E-state index contributed by atoms with van der Waals surface area (Å²) in [7, 11) is 3.59. The van der Waals surface area contributed by atoms with Crippen LogP contribution in [-0.4, -0.2) is 36.0 Å². The van der Waals surface area contributed by atoms with Crippen molar-refractivity contribution in [3.05, 3.63) is 24.0 Å². The number of carboxylic acid groups (broad SMARTS) is 1. The molecule has 0 aromatic carbocycles. The van der Waals surface area contributed by atoms with Gasteiger partial charge < -0.3 is 10.0 Å². The minimum atomic E-state index is -0.952. The van der Waals surface area contributed by atoms with Crippen molar-refractivity contribution in [1.82, 2.24) is 4.98 Å². The van der Waals surface area contributed by atoms with E-state index in [1.54, 1.807) is 31.3 Å².